The lowest BCUT2D eigenvalue weighted by atomic mass is 9.82. The molecule has 0 bridgehead atoms. The van der Waals surface area contributed by atoms with Crippen LogP contribution in [-0.4, -0.2) is 34.6 Å². The van der Waals surface area contributed by atoms with E-state index in [2.05, 4.69) is 11.8 Å². The highest BCUT2D eigenvalue weighted by Crippen LogP contribution is 2.38. The maximum absolute atomic E-state index is 11.6. The van der Waals surface area contributed by atoms with Crippen LogP contribution < -0.4 is 0 Å². The molecular weight excluding hydrogens is 202 g/mol. The Morgan fingerprint density at radius 2 is 1.81 bits per heavy atom. The van der Waals surface area contributed by atoms with Gasteiger partial charge in [0.2, 0.25) is 0 Å². The number of carboxylic acids is 1. The summed E-state index contributed by atoms with van der Waals surface area (Å²) >= 11 is 0. The van der Waals surface area contributed by atoms with Crippen molar-refractivity contribution in [3.05, 3.63) is 0 Å². The molecule has 1 aliphatic carbocycles. The van der Waals surface area contributed by atoms with Gasteiger partial charge in [-0.05, 0) is 18.8 Å². The summed E-state index contributed by atoms with van der Waals surface area (Å²) in [6, 6.07) is 0. The Labute approximate surface area is 97.8 Å². The molecule has 0 unspecified atom stereocenters. The molecule has 3 heteroatoms. The summed E-state index contributed by atoms with van der Waals surface area (Å²) in [5.74, 6) is 0.156. The van der Waals surface area contributed by atoms with E-state index in [4.69, 9.17) is 0 Å². The van der Waals surface area contributed by atoms with Crippen LogP contribution in [0.4, 0.5) is 0 Å². The molecule has 1 N–H and O–H groups in total. The number of likely N-dealkylation sites (tertiary alicyclic amines) is 1. The average Bonchev–Trinajstić information content (AvgIpc) is 2.43. The van der Waals surface area contributed by atoms with Gasteiger partial charge in [-0.1, -0.05) is 39.0 Å². The molecule has 1 saturated carbocycles. The zero-order valence-electron chi connectivity index (χ0n) is 10.2. The van der Waals surface area contributed by atoms with Crippen LogP contribution in [-0.2, 0) is 4.79 Å². The van der Waals surface area contributed by atoms with Gasteiger partial charge in [-0.3, -0.25) is 9.69 Å². The minimum atomic E-state index is -0.580. The van der Waals surface area contributed by atoms with E-state index in [9.17, 15) is 9.90 Å². The van der Waals surface area contributed by atoms with Crippen LogP contribution in [0.5, 0.6) is 0 Å². The number of aliphatic carboxylic acids is 1. The minimum Gasteiger partial charge on any atom is -0.480 e. The first-order chi connectivity index (χ1) is 7.69. The van der Waals surface area contributed by atoms with Crippen LogP contribution in [0.3, 0.4) is 0 Å². The van der Waals surface area contributed by atoms with Crippen molar-refractivity contribution in [1.29, 1.82) is 0 Å². The van der Waals surface area contributed by atoms with Gasteiger partial charge in [0.05, 0.1) is 0 Å². The predicted octanol–water partition coefficient (Wildman–Crippen LogP) is 2.51. The second-order valence-electron chi connectivity index (χ2n) is 5.43. The zero-order chi connectivity index (χ0) is 11.6. The molecule has 2 fully saturated rings. The van der Waals surface area contributed by atoms with Gasteiger partial charge in [0, 0.05) is 13.1 Å². The molecule has 0 spiro atoms. The summed E-state index contributed by atoms with van der Waals surface area (Å²) in [7, 11) is 0. The van der Waals surface area contributed by atoms with Crippen molar-refractivity contribution in [2.75, 3.05) is 13.1 Å². The van der Waals surface area contributed by atoms with E-state index in [1.807, 2.05) is 0 Å². The van der Waals surface area contributed by atoms with Crippen molar-refractivity contribution in [3.63, 3.8) is 0 Å². The van der Waals surface area contributed by atoms with Crippen molar-refractivity contribution in [3.8, 4) is 0 Å². The zero-order valence-corrected chi connectivity index (χ0v) is 10.2. The monoisotopic (exact) mass is 225 g/mol. The molecule has 16 heavy (non-hydrogen) atoms. The van der Waals surface area contributed by atoms with Crippen molar-refractivity contribution in [1.82, 2.24) is 4.90 Å². The van der Waals surface area contributed by atoms with Crippen molar-refractivity contribution in [2.24, 2.45) is 5.92 Å². The van der Waals surface area contributed by atoms with Crippen molar-refractivity contribution in [2.45, 2.75) is 57.4 Å². The number of hydrogen-bond acceptors (Lipinski definition) is 2. The third-order valence-electron chi connectivity index (χ3n) is 4.47. The van der Waals surface area contributed by atoms with Crippen LogP contribution in [0.2, 0.25) is 0 Å². The summed E-state index contributed by atoms with van der Waals surface area (Å²) in [4.78, 5) is 13.8. The fourth-order valence-corrected chi connectivity index (χ4v) is 3.16. The van der Waals surface area contributed by atoms with Crippen LogP contribution in [0.1, 0.15) is 51.9 Å². The van der Waals surface area contributed by atoms with Crippen LogP contribution in [0, 0.1) is 5.92 Å². The Morgan fingerprint density at radius 1 is 1.25 bits per heavy atom. The molecule has 1 saturated heterocycles. The van der Waals surface area contributed by atoms with E-state index in [0.717, 1.165) is 44.7 Å². The largest absolute Gasteiger partial charge is 0.480 e. The fraction of sp³-hybridized carbons (Fsp3) is 0.923. The van der Waals surface area contributed by atoms with Gasteiger partial charge < -0.3 is 5.11 Å². The SMILES string of the molecule is CCC1CN(C2(C(=O)O)CCCCCC2)C1. The molecule has 0 amide bonds. The van der Waals surface area contributed by atoms with Gasteiger partial charge in [0.15, 0.2) is 0 Å². The minimum absolute atomic E-state index is 0.512. The Hall–Kier alpha value is -0.570. The number of hydrogen-bond donors (Lipinski definition) is 1. The Bertz CT molecular complexity index is 251. The molecule has 0 aromatic rings. The number of carbonyl (C=O) groups is 1. The maximum atomic E-state index is 11.6. The third-order valence-corrected chi connectivity index (χ3v) is 4.47. The standard InChI is InChI=1S/C13H23NO2/c1-2-11-9-14(10-11)13(12(15)16)7-5-3-4-6-8-13/h11H,2-10H2,1H3,(H,15,16). The molecule has 0 atom stereocenters. The van der Waals surface area contributed by atoms with Gasteiger partial charge in [-0.2, -0.15) is 0 Å². The van der Waals surface area contributed by atoms with Crippen LogP contribution in [0.15, 0.2) is 0 Å². The quantitative estimate of drug-likeness (QED) is 0.750. The van der Waals surface area contributed by atoms with Gasteiger partial charge in [0.25, 0.3) is 0 Å². The van der Waals surface area contributed by atoms with Crippen molar-refractivity contribution >= 4 is 5.97 Å². The topological polar surface area (TPSA) is 40.5 Å². The van der Waals surface area contributed by atoms with Gasteiger partial charge in [-0.25, -0.2) is 0 Å². The first-order valence-corrected chi connectivity index (χ1v) is 6.67. The average molecular weight is 225 g/mol. The molecular formula is C13H23NO2. The van der Waals surface area contributed by atoms with E-state index < -0.39 is 11.5 Å². The lowest BCUT2D eigenvalue weighted by Crippen LogP contribution is -2.63. The second kappa shape index (κ2) is 4.74. The fourth-order valence-electron chi connectivity index (χ4n) is 3.16. The molecule has 3 nitrogen and oxygen atoms in total. The van der Waals surface area contributed by atoms with E-state index in [-0.39, 0.29) is 0 Å². The molecule has 0 aromatic carbocycles. The first kappa shape index (κ1) is 11.9. The second-order valence-corrected chi connectivity index (χ2v) is 5.43. The Morgan fingerprint density at radius 3 is 2.25 bits per heavy atom. The molecule has 0 aromatic heterocycles. The molecule has 92 valence electrons. The van der Waals surface area contributed by atoms with Gasteiger partial charge >= 0.3 is 5.97 Å². The van der Waals surface area contributed by atoms with Crippen LogP contribution >= 0.6 is 0 Å². The smallest absolute Gasteiger partial charge is 0.324 e. The van der Waals surface area contributed by atoms with E-state index in [1.54, 1.807) is 0 Å². The molecule has 2 aliphatic rings. The highest BCUT2D eigenvalue weighted by molar-refractivity contribution is 5.79. The summed E-state index contributed by atoms with van der Waals surface area (Å²) in [5, 5.41) is 9.57. The van der Waals surface area contributed by atoms with E-state index in [1.165, 1.54) is 19.3 Å². The summed E-state index contributed by atoms with van der Waals surface area (Å²) in [6.07, 6.45) is 7.49. The summed E-state index contributed by atoms with van der Waals surface area (Å²) < 4.78 is 0. The van der Waals surface area contributed by atoms with E-state index in [0.29, 0.717) is 0 Å². The normalized spacial score (nSPS) is 27.1. The molecule has 2 rings (SSSR count). The van der Waals surface area contributed by atoms with Crippen molar-refractivity contribution < 1.29 is 9.90 Å². The van der Waals surface area contributed by atoms with Gasteiger partial charge in [-0.15, -0.1) is 0 Å². The Balaban J connectivity index is 2.06. The van der Waals surface area contributed by atoms with Crippen LogP contribution in [0.25, 0.3) is 0 Å². The number of carboxylic acid groups (broad SMARTS) is 1. The lowest BCUT2D eigenvalue weighted by Gasteiger charge is -2.50. The third kappa shape index (κ3) is 1.97. The first-order valence-electron chi connectivity index (χ1n) is 6.67. The molecule has 0 radical (unpaired) electrons. The van der Waals surface area contributed by atoms with E-state index >= 15 is 0 Å². The number of rotatable bonds is 3. The maximum Gasteiger partial charge on any atom is 0.324 e. The highest BCUT2D eigenvalue weighted by Gasteiger charge is 2.48. The molecule has 1 heterocycles. The Kier molecular flexibility index (Phi) is 3.53. The summed E-state index contributed by atoms with van der Waals surface area (Å²) in [5.41, 5.74) is -0.512. The van der Waals surface area contributed by atoms with Gasteiger partial charge in [0.1, 0.15) is 5.54 Å². The predicted molar refractivity (Wildman–Crippen MR) is 63.4 cm³/mol. The summed E-state index contributed by atoms with van der Waals surface area (Å²) in [6.45, 7) is 4.20. The molecule has 1 aliphatic heterocycles. The number of nitrogens with zero attached hydrogens (tertiary/aromatic N) is 1. The highest BCUT2D eigenvalue weighted by atomic mass is 16.4. The lowest BCUT2D eigenvalue weighted by molar-refractivity contribution is -0.159.